The second-order valence-corrected chi connectivity index (χ2v) is 37.7. The highest BCUT2D eigenvalue weighted by atomic mass is 16.4. The Morgan fingerprint density at radius 1 is 0.399 bits per heavy atom. The summed E-state index contributed by atoms with van der Waals surface area (Å²) in [5, 5.41) is 39.3. The molecule has 1 unspecified atom stereocenters. The third kappa shape index (κ3) is 30.0. The highest BCUT2D eigenvalue weighted by Gasteiger charge is 2.41. The van der Waals surface area contributed by atoms with Gasteiger partial charge in [-0.3, -0.25) is 57.7 Å². The fourth-order valence-electron chi connectivity index (χ4n) is 19.2. The molecule has 31 heteroatoms. The first-order valence-corrected chi connectivity index (χ1v) is 50.4. The van der Waals surface area contributed by atoms with Crippen LogP contribution in [0, 0.1) is 19.8 Å². The number of hydrogen-bond acceptors (Lipinski definition) is 18. The molecule has 0 saturated carbocycles. The number of fused-ring (bicyclic) bond motifs is 8. The topological polar surface area (TPSA) is 507 Å². The van der Waals surface area contributed by atoms with Crippen molar-refractivity contribution in [3.63, 3.8) is 0 Å². The van der Waals surface area contributed by atoms with Crippen LogP contribution in [0.1, 0.15) is 225 Å². The van der Waals surface area contributed by atoms with Gasteiger partial charge in [-0.2, -0.15) is 0 Å². The molecule has 6 aromatic carbocycles. The molecular formula is C112H140N18O13. The zero-order valence-corrected chi connectivity index (χ0v) is 82.8. The SMILES string of the molecule is CCC1=C(C)c2cc3[nH]c(cc4nc(c5c6[nH]c(cc1n2)c(C)c6C(=O)C5)[C@@H](CCC(=O)NC[C@@H](CCCCN)C(=O)N[C@@H](Cc1ccccc1)C(=O)N[C@@H](Cc1ccccc1)C(=O)N[C@@H](CCCCN)C(=O)N[C@@H](Cc1ccccc1)C(=O)N[C@@H](Cc1ccccc1)C(=O)N[C@@H](CCCCN)C(=O)N[C@@H](Cc1ccccc1)C(=O)N[C@@H](Cc1ccccc1)C(=O)N[C@@H](CCCCN)C(=O)O)C4C)c(C)c3CC. The number of aryl methyl sites for hydroxylation is 3. The van der Waals surface area contributed by atoms with E-state index in [1.54, 1.807) is 164 Å². The molecule has 1 aliphatic carbocycles. The highest BCUT2D eigenvalue weighted by Crippen LogP contribution is 2.45. The highest BCUT2D eigenvalue weighted by molar-refractivity contribution is 6.13. The van der Waals surface area contributed by atoms with Gasteiger partial charge in [0.2, 0.25) is 59.1 Å². The van der Waals surface area contributed by atoms with Gasteiger partial charge in [0, 0.05) is 103 Å². The van der Waals surface area contributed by atoms with E-state index in [2.05, 4.69) is 110 Å². The van der Waals surface area contributed by atoms with Crippen LogP contribution in [0.25, 0.3) is 33.2 Å². The van der Waals surface area contributed by atoms with Gasteiger partial charge in [0.25, 0.3) is 0 Å². The molecule has 5 heterocycles. The number of aromatic amines is 2. The molecule has 12 rings (SSSR count). The molecule has 756 valence electrons. The van der Waals surface area contributed by atoms with Gasteiger partial charge in [-0.25, -0.2) is 9.78 Å². The molecular weight excluding hydrogens is 1810 g/mol. The Morgan fingerprint density at radius 3 is 1.11 bits per heavy atom. The zero-order chi connectivity index (χ0) is 102. The lowest BCUT2D eigenvalue weighted by Crippen LogP contribution is -2.61. The van der Waals surface area contributed by atoms with Crippen molar-refractivity contribution in [3.05, 3.63) is 284 Å². The van der Waals surface area contributed by atoms with Crippen LogP contribution in [-0.2, 0) is 104 Å². The number of carbonyl (C=O) groups is 12. The number of nitrogens with one attached hydrogen (secondary N) is 12. The minimum Gasteiger partial charge on any atom is -0.480 e. The van der Waals surface area contributed by atoms with E-state index >= 15 is 33.6 Å². The van der Waals surface area contributed by atoms with E-state index in [1.165, 1.54) is 0 Å². The summed E-state index contributed by atoms with van der Waals surface area (Å²) < 4.78 is 0. The number of ketones is 1. The Balaban J connectivity index is 0.774. The average Bonchev–Trinajstić information content (AvgIpc) is 1.58. The van der Waals surface area contributed by atoms with E-state index in [0.29, 0.717) is 110 Å². The first-order valence-electron chi connectivity index (χ1n) is 50.4. The lowest BCUT2D eigenvalue weighted by molar-refractivity contribution is -0.142. The van der Waals surface area contributed by atoms with Crippen LogP contribution in [0.3, 0.4) is 0 Å². The normalized spacial score (nSPS) is 15.3. The summed E-state index contributed by atoms with van der Waals surface area (Å²) in [5.74, 6) is -9.87. The van der Waals surface area contributed by atoms with E-state index < -0.39 is 119 Å². The van der Waals surface area contributed by atoms with Crippen LogP contribution >= 0.6 is 0 Å². The third-order valence-electron chi connectivity index (χ3n) is 27.4. The van der Waals surface area contributed by atoms with Crippen molar-refractivity contribution in [1.29, 1.82) is 0 Å². The van der Waals surface area contributed by atoms with Crippen molar-refractivity contribution in [2.75, 3.05) is 32.7 Å². The van der Waals surface area contributed by atoms with Gasteiger partial charge in [-0.05, 0) is 216 Å². The van der Waals surface area contributed by atoms with Crippen LogP contribution in [0.2, 0.25) is 0 Å². The molecule has 0 saturated heterocycles. The molecule has 8 bridgehead atoms. The predicted octanol–water partition coefficient (Wildman–Crippen LogP) is 10.4. The first kappa shape index (κ1) is 108. The quantitative estimate of drug-likeness (QED) is 0.0157. The van der Waals surface area contributed by atoms with E-state index in [9.17, 15) is 29.1 Å². The number of unbranched alkanes of at least 4 members (excludes halogenated alkanes) is 4. The summed E-state index contributed by atoms with van der Waals surface area (Å²) in [7, 11) is 0. The number of nitrogens with zero attached hydrogens (tertiary/aromatic N) is 2. The number of Topliss-reactive ketones (excluding diaryl/α,β-unsaturated/α-hetero) is 1. The predicted molar refractivity (Wildman–Crippen MR) is 555 cm³/mol. The Bertz CT molecular complexity index is 6100. The van der Waals surface area contributed by atoms with Gasteiger partial charge in [0.15, 0.2) is 5.78 Å². The Kier molecular flexibility index (Phi) is 40.4. The molecule has 2 aliphatic heterocycles. The smallest absolute Gasteiger partial charge is 0.326 e. The molecule has 31 nitrogen and oxygen atoms in total. The third-order valence-corrected chi connectivity index (χ3v) is 27.4. The maximum Gasteiger partial charge on any atom is 0.326 e. The Labute approximate surface area is 836 Å². The van der Waals surface area contributed by atoms with E-state index in [1.807, 2.05) is 31.2 Å². The van der Waals surface area contributed by atoms with Crippen molar-refractivity contribution in [1.82, 2.24) is 73.1 Å². The number of aliphatic carboxylic acids is 1. The number of carboxylic acids is 1. The van der Waals surface area contributed by atoms with Gasteiger partial charge in [0.05, 0.1) is 28.5 Å². The molecule has 21 N–H and O–H groups in total. The summed E-state index contributed by atoms with van der Waals surface area (Å²) in [6.07, 6.45) is 5.26. The molecule has 143 heavy (non-hydrogen) atoms. The monoisotopic (exact) mass is 1950 g/mol. The minimum absolute atomic E-state index is 0.000679. The molecule has 10 amide bonds. The Morgan fingerprint density at radius 2 is 0.741 bits per heavy atom. The number of allylic oxidation sites excluding steroid dienone is 2. The maximum absolute atomic E-state index is 15.6. The van der Waals surface area contributed by atoms with E-state index in [0.717, 1.165) is 91.1 Å². The second kappa shape index (κ2) is 53.6. The van der Waals surface area contributed by atoms with E-state index in [-0.39, 0.29) is 120 Å². The molecule has 0 radical (unpaired) electrons. The summed E-state index contributed by atoms with van der Waals surface area (Å²) in [6, 6.07) is 47.0. The van der Waals surface area contributed by atoms with Crippen molar-refractivity contribution in [2.45, 2.75) is 255 Å². The largest absolute Gasteiger partial charge is 0.480 e. The summed E-state index contributed by atoms with van der Waals surface area (Å²) in [4.78, 5) is 197. The van der Waals surface area contributed by atoms with Gasteiger partial charge in [-0.1, -0.05) is 209 Å². The number of aromatic nitrogens is 4. The Hall–Kier alpha value is -14.1. The van der Waals surface area contributed by atoms with Gasteiger partial charge in [-0.15, -0.1) is 0 Å². The van der Waals surface area contributed by atoms with Gasteiger partial charge in [0.1, 0.15) is 54.4 Å². The standard InChI is InChI=1S/C112H140N18O13/c1-7-79-68(3)86-64-88-70(5)81(101(120-88)82-63-98(131)100-71(6)89(121-102(82)100)66-91-80(8-2)69(4)87(119-91)65-90(79)118-86)51-52-99(132)117-67-78(47-27-31-53-113)103(133)125-92(57-72-35-15-9-16-36-72)109(139)128-93(58-73-37-17-10-18-38-73)106(136)122-83(48-28-32-54-114)104(134)126-96(61-76-43-23-13-24-44-76)110(140)129-94(59-74-39-19-11-20-40-74)107(137)123-84(49-29-33-55-115)105(135)127-97(62-77-45-25-14-26-46-77)111(141)130-95(60-75-41-21-12-22-42-75)108(138)124-85(112(142)143)50-30-34-56-116/h9-26,35-46,64-66,70,78,81,83-85,92-97,118,121H,7-8,27-34,47-63,67,113-116H2,1-6H3,(H,117,132)(H,122,136)(H,123,137)(H,124,138)(H,125,133)(H,126,134)(H,127,135)(H,128,139)(H,129,140)(H,130,141)(H,142,143)/t70?,78-,81+,83+,84+,85+,92+,93+,94+,95+,96+,97+/m1/s1. The number of H-pyrrole nitrogens is 2. The van der Waals surface area contributed by atoms with Crippen molar-refractivity contribution in [3.8, 4) is 0 Å². The zero-order valence-electron chi connectivity index (χ0n) is 82.8. The van der Waals surface area contributed by atoms with Crippen molar-refractivity contribution in [2.24, 2.45) is 28.9 Å². The lowest BCUT2D eigenvalue weighted by atomic mass is 9.85. The number of benzene rings is 6. The summed E-state index contributed by atoms with van der Waals surface area (Å²) in [5.41, 5.74) is 41.0. The van der Waals surface area contributed by atoms with Crippen LogP contribution in [0.5, 0.6) is 0 Å². The average molecular weight is 1950 g/mol. The number of nitrogens with two attached hydrogens (primary N) is 4. The molecule has 3 aromatic heterocycles. The van der Waals surface area contributed by atoms with Gasteiger partial charge >= 0.3 is 5.97 Å². The number of carboxylic acid groups (broad SMARTS) is 1. The van der Waals surface area contributed by atoms with Gasteiger partial charge < -0.3 is 91.2 Å². The number of hydrogen-bond donors (Lipinski definition) is 17. The number of amides is 10. The maximum atomic E-state index is 15.6. The van der Waals surface area contributed by atoms with Crippen LogP contribution in [-0.4, -0.2) is 183 Å². The van der Waals surface area contributed by atoms with Crippen molar-refractivity contribution < 1.29 is 62.6 Å². The first-order chi connectivity index (χ1) is 69.2. The van der Waals surface area contributed by atoms with Crippen LogP contribution < -0.4 is 76.1 Å². The summed E-state index contributed by atoms with van der Waals surface area (Å²) in [6.45, 7) is 13.5. The minimum atomic E-state index is -1.46. The molecule has 0 spiro atoms. The van der Waals surface area contributed by atoms with E-state index in [4.69, 9.17) is 32.9 Å². The lowest BCUT2D eigenvalue weighted by Gasteiger charge is -2.29. The summed E-state index contributed by atoms with van der Waals surface area (Å²) >= 11 is 0. The van der Waals surface area contributed by atoms with Crippen LogP contribution in [0.15, 0.2) is 200 Å². The fraction of sp³-hybridized carbons (Fsp3) is 0.411. The molecule has 9 aromatic rings. The fourth-order valence-corrected chi connectivity index (χ4v) is 19.2. The molecule has 12 atom stereocenters. The molecule has 3 aliphatic rings. The number of rotatable bonds is 54. The van der Waals surface area contributed by atoms with Crippen LogP contribution in [0.4, 0.5) is 0 Å². The second-order valence-electron chi connectivity index (χ2n) is 37.7. The molecule has 0 fully saturated rings. The number of carbonyl (C=O) groups excluding carboxylic acids is 11. The van der Waals surface area contributed by atoms with Crippen molar-refractivity contribution >= 4 is 104 Å².